The Labute approximate surface area is 222 Å². The van der Waals surface area contributed by atoms with E-state index in [9.17, 15) is 4.79 Å². The maximum absolute atomic E-state index is 12.5. The van der Waals surface area contributed by atoms with E-state index in [2.05, 4.69) is 57.8 Å². The lowest BCUT2D eigenvalue weighted by atomic mass is 10.1. The molecule has 2 aromatic carbocycles. The van der Waals surface area contributed by atoms with E-state index in [1.54, 1.807) is 11.8 Å². The molecular weight excluding hydrogens is 484 g/mol. The number of urea groups is 1. The van der Waals surface area contributed by atoms with E-state index in [1.807, 2.05) is 30.3 Å². The van der Waals surface area contributed by atoms with Crippen LogP contribution in [0.1, 0.15) is 18.5 Å². The summed E-state index contributed by atoms with van der Waals surface area (Å²) in [6.45, 7) is 5.05. The van der Waals surface area contributed by atoms with Crippen LogP contribution in [0.15, 0.2) is 65.6 Å². The molecule has 0 saturated carbocycles. The molecule has 0 atom stereocenters. The van der Waals surface area contributed by atoms with E-state index in [4.69, 9.17) is 14.7 Å². The van der Waals surface area contributed by atoms with Crippen molar-refractivity contribution in [1.29, 1.82) is 0 Å². The third kappa shape index (κ3) is 7.21. The van der Waals surface area contributed by atoms with Gasteiger partial charge < -0.3 is 25.2 Å². The summed E-state index contributed by atoms with van der Waals surface area (Å²) >= 11 is 1.77. The fraction of sp³-hybridized carbons (Fsp3) is 0.393. The molecule has 2 aliphatic heterocycles. The maximum atomic E-state index is 12.5. The first-order valence-electron chi connectivity index (χ1n) is 12.9. The second-order valence-corrected chi connectivity index (χ2v) is 10.5. The van der Waals surface area contributed by atoms with Crippen LogP contribution in [0.2, 0.25) is 0 Å². The van der Waals surface area contributed by atoms with Gasteiger partial charge in [-0.25, -0.2) is 14.8 Å². The summed E-state index contributed by atoms with van der Waals surface area (Å²) < 4.78 is 5.54. The highest BCUT2D eigenvalue weighted by Gasteiger charge is 2.19. The van der Waals surface area contributed by atoms with Crippen molar-refractivity contribution in [1.82, 2.24) is 20.2 Å². The molecule has 5 rings (SSSR count). The average molecular weight is 519 g/mol. The van der Waals surface area contributed by atoms with Gasteiger partial charge in [-0.1, -0.05) is 18.2 Å². The summed E-state index contributed by atoms with van der Waals surface area (Å²) in [6, 6.07) is 20.3. The summed E-state index contributed by atoms with van der Waals surface area (Å²) in [4.78, 5) is 28.0. The summed E-state index contributed by atoms with van der Waals surface area (Å²) in [5.41, 5.74) is 2.65. The van der Waals surface area contributed by atoms with Gasteiger partial charge in [-0.05, 0) is 69.4 Å². The number of aromatic nitrogens is 2. The van der Waals surface area contributed by atoms with Crippen LogP contribution in [-0.2, 0) is 10.5 Å². The molecule has 3 heterocycles. The summed E-state index contributed by atoms with van der Waals surface area (Å²) in [5, 5.41) is 6.06. The molecule has 0 aliphatic carbocycles. The van der Waals surface area contributed by atoms with Gasteiger partial charge in [0.05, 0.1) is 18.9 Å². The number of amides is 2. The number of morpholine rings is 1. The smallest absolute Gasteiger partial charge is 0.319 e. The Hall–Kier alpha value is -3.14. The molecule has 8 nitrogen and oxygen atoms in total. The number of hydrogen-bond donors (Lipinski definition) is 2. The highest BCUT2D eigenvalue weighted by atomic mass is 32.2. The van der Waals surface area contributed by atoms with Gasteiger partial charge in [-0.15, -0.1) is 11.8 Å². The lowest BCUT2D eigenvalue weighted by molar-refractivity contribution is 0.122. The number of hydrogen-bond acceptors (Lipinski definition) is 7. The summed E-state index contributed by atoms with van der Waals surface area (Å²) in [5.74, 6) is 2.37. The van der Waals surface area contributed by atoms with Crippen molar-refractivity contribution < 1.29 is 9.53 Å². The SMILES string of the molecule is CN1CCC(NC(=O)Nc2ccc(-c3nc(CSc4ccccc4)cc(N4CCOCC4)n3)cc2)CC1. The van der Waals surface area contributed by atoms with Gasteiger partial charge in [-0.3, -0.25) is 0 Å². The Morgan fingerprint density at radius 1 is 1.00 bits per heavy atom. The molecule has 2 N–H and O–H groups in total. The van der Waals surface area contributed by atoms with Crippen LogP contribution < -0.4 is 15.5 Å². The van der Waals surface area contributed by atoms with Crippen LogP contribution in [0.5, 0.6) is 0 Å². The van der Waals surface area contributed by atoms with Crippen molar-refractivity contribution in [3.63, 3.8) is 0 Å². The number of carbonyl (C=O) groups is 1. The normalized spacial score (nSPS) is 16.9. The number of ether oxygens (including phenoxy) is 1. The third-order valence-electron chi connectivity index (χ3n) is 6.69. The number of anilines is 2. The first-order valence-corrected chi connectivity index (χ1v) is 13.9. The molecular formula is C28H34N6O2S. The van der Waals surface area contributed by atoms with Gasteiger partial charge in [0, 0.05) is 47.1 Å². The average Bonchev–Trinajstić information content (AvgIpc) is 2.94. The van der Waals surface area contributed by atoms with Crippen molar-refractivity contribution in [2.75, 3.05) is 56.7 Å². The Morgan fingerprint density at radius 2 is 1.73 bits per heavy atom. The monoisotopic (exact) mass is 518 g/mol. The zero-order valence-corrected chi connectivity index (χ0v) is 22.0. The molecule has 3 aromatic rings. The minimum absolute atomic E-state index is 0.159. The molecule has 0 bridgehead atoms. The standard InChI is InChI=1S/C28H34N6O2S/c1-33-13-11-23(12-14-33)31-28(35)30-22-9-7-21(8-10-22)27-29-24(20-37-25-5-3-2-4-6-25)19-26(32-27)34-15-17-36-18-16-34/h2-10,19,23H,11-18,20H2,1H3,(H2,30,31,35). The molecule has 0 radical (unpaired) electrons. The summed E-state index contributed by atoms with van der Waals surface area (Å²) in [7, 11) is 2.11. The molecule has 2 aliphatic rings. The number of likely N-dealkylation sites (tertiary alicyclic amines) is 1. The van der Waals surface area contributed by atoms with Crippen molar-refractivity contribution in [2.45, 2.75) is 29.5 Å². The van der Waals surface area contributed by atoms with E-state index >= 15 is 0 Å². The lowest BCUT2D eigenvalue weighted by Crippen LogP contribution is -2.44. The van der Waals surface area contributed by atoms with Gasteiger partial charge in [-0.2, -0.15) is 0 Å². The molecule has 0 spiro atoms. The van der Waals surface area contributed by atoms with E-state index in [-0.39, 0.29) is 12.1 Å². The Balaban J connectivity index is 1.28. The van der Waals surface area contributed by atoms with Crippen molar-refractivity contribution in [3.8, 4) is 11.4 Å². The van der Waals surface area contributed by atoms with Crippen LogP contribution in [0.4, 0.5) is 16.3 Å². The fourth-order valence-electron chi connectivity index (χ4n) is 4.52. The van der Waals surface area contributed by atoms with Crippen LogP contribution >= 0.6 is 11.8 Å². The largest absolute Gasteiger partial charge is 0.378 e. The number of benzene rings is 2. The molecule has 0 unspecified atom stereocenters. The molecule has 194 valence electrons. The molecule has 37 heavy (non-hydrogen) atoms. The van der Waals surface area contributed by atoms with E-state index < -0.39 is 0 Å². The van der Waals surface area contributed by atoms with E-state index in [1.165, 1.54) is 4.90 Å². The number of carbonyl (C=O) groups excluding carboxylic acids is 1. The van der Waals surface area contributed by atoms with Crippen LogP contribution in [0, 0.1) is 0 Å². The van der Waals surface area contributed by atoms with Gasteiger partial charge in [0.15, 0.2) is 5.82 Å². The molecule has 9 heteroatoms. The summed E-state index contributed by atoms with van der Waals surface area (Å²) in [6.07, 6.45) is 1.95. The molecule has 1 aromatic heterocycles. The topological polar surface area (TPSA) is 82.6 Å². The first kappa shape index (κ1) is 25.5. The number of thioether (sulfide) groups is 1. The third-order valence-corrected chi connectivity index (χ3v) is 7.73. The van der Waals surface area contributed by atoms with Gasteiger partial charge >= 0.3 is 6.03 Å². The first-order chi connectivity index (χ1) is 18.1. The highest BCUT2D eigenvalue weighted by molar-refractivity contribution is 7.98. The molecule has 2 saturated heterocycles. The number of rotatable bonds is 7. The zero-order chi connectivity index (χ0) is 25.5. The molecule has 2 amide bonds. The Kier molecular flexibility index (Phi) is 8.55. The lowest BCUT2D eigenvalue weighted by Gasteiger charge is -2.29. The highest BCUT2D eigenvalue weighted by Crippen LogP contribution is 2.27. The second-order valence-electron chi connectivity index (χ2n) is 9.50. The number of nitrogens with one attached hydrogen (secondary N) is 2. The van der Waals surface area contributed by atoms with Crippen molar-refractivity contribution >= 4 is 29.3 Å². The Bertz CT molecular complexity index is 1160. The van der Waals surface area contributed by atoms with Crippen molar-refractivity contribution in [3.05, 3.63) is 66.4 Å². The second kappa shape index (κ2) is 12.4. The fourth-order valence-corrected chi connectivity index (χ4v) is 5.33. The van der Waals surface area contributed by atoms with Gasteiger partial charge in [0.25, 0.3) is 0 Å². The quantitative estimate of drug-likeness (QED) is 0.446. The van der Waals surface area contributed by atoms with Gasteiger partial charge in [0.1, 0.15) is 5.82 Å². The minimum atomic E-state index is -0.159. The van der Waals surface area contributed by atoms with E-state index in [0.717, 1.165) is 67.5 Å². The van der Waals surface area contributed by atoms with Crippen LogP contribution in [-0.4, -0.2) is 73.4 Å². The Morgan fingerprint density at radius 3 is 2.46 bits per heavy atom. The number of nitrogens with zero attached hydrogens (tertiary/aromatic N) is 4. The van der Waals surface area contributed by atoms with E-state index in [0.29, 0.717) is 19.0 Å². The van der Waals surface area contributed by atoms with Crippen molar-refractivity contribution in [2.24, 2.45) is 0 Å². The predicted molar refractivity (Wildman–Crippen MR) is 149 cm³/mol. The molecule has 2 fully saturated rings. The van der Waals surface area contributed by atoms with Gasteiger partial charge in [0.2, 0.25) is 0 Å². The zero-order valence-electron chi connectivity index (χ0n) is 21.2. The minimum Gasteiger partial charge on any atom is -0.378 e. The maximum Gasteiger partial charge on any atom is 0.319 e. The predicted octanol–water partition coefficient (Wildman–Crippen LogP) is 4.49. The van der Waals surface area contributed by atoms with Crippen LogP contribution in [0.3, 0.4) is 0 Å². The van der Waals surface area contributed by atoms with Crippen LogP contribution in [0.25, 0.3) is 11.4 Å². The number of piperidine rings is 1.